The van der Waals surface area contributed by atoms with Gasteiger partial charge in [-0.15, -0.1) is 0 Å². The van der Waals surface area contributed by atoms with Gasteiger partial charge in [0, 0.05) is 10.6 Å². The molecule has 7 heteroatoms. The van der Waals surface area contributed by atoms with Gasteiger partial charge < -0.3 is 5.32 Å². The first-order valence-corrected chi connectivity index (χ1v) is 6.03. The van der Waals surface area contributed by atoms with E-state index < -0.39 is 12.3 Å². The summed E-state index contributed by atoms with van der Waals surface area (Å²) < 4.78 is 0. The average molecular weight is 276 g/mol. The molecule has 96 valence electrons. The Morgan fingerprint density at radius 3 is 2.68 bits per heavy atom. The number of halogens is 1. The van der Waals surface area contributed by atoms with Crippen LogP contribution < -0.4 is 11.1 Å². The van der Waals surface area contributed by atoms with Gasteiger partial charge >= 0.3 is 0 Å². The van der Waals surface area contributed by atoms with Gasteiger partial charge in [0.1, 0.15) is 0 Å². The Labute approximate surface area is 114 Å². The molecule has 0 spiro atoms. The maximum atomic E-state index is 11.8. The first kappa shape index (κ1) is 12.0. The normalized spacial score (nSPS) is 25.3. The van der Waals surface area contributed by atoms with Gasteiger partial charge in [-0.1, -0.05) is 23.7 Å². The average Bonchev–Trinajstić information content (AvgIpc) is 2.39. The summed E-state index contributed by atoms with van der Waals surface area (Å²) in [6, 6.07) is 6.43. The lowest BCUT2D eigenvalue weighted by Crippen LogP contribution is -2.53. The summed E-state index contributed by atoms with van der Waals surface area (Å²) in [5, 5.41) is 3.15. The molecule has 2 aliphatic heterocycles. The molecule has 3 rings (SSSR count). The predicted molar refractivity (Wildman–Crippen MR) is 73.8 cm³/mol. The number of nitrogens with one attached hydrogen (secondary N) is 1. The molecule has 0 radical (unpaired) electrons. The molecule has 6 nitrogen and oxygen atoms in total. The molecule has 2 atom stereocenters. The smallest absolute Gasteiger partial charge is 0.255 e. The lowest BCUT2D eigenvalue weighted by molar-refractivity contribution is -0.121. The highest BCUT2D eigenvalue weighted by molar-refractivity contribution is 6.42. The minimum Gasteiger partial charge on any atom is -0.320 e. The van der Waals surface area contributed by atoms with E-state index in [2.05, 4.69) is 20.3 Å². The van der Waals surface area contributed by atoms with Gasteiger partial charge in [-0.2, -0.15) is 0 Å². The van der Waals surface area contributed by atoms with Crippen LogP contribution in [0.2, 0.25) is 5.02 Å². The van der Waals surface area contributed by atoms with Crippen molar-refractivity contribution in [3.8, 4) is 0 Å². The Kier molecular flexibility index (Phi) is 2.88. The minimum atomic E-state index is -0.747. The highest BCUT2D eigenvalue weighted by Crippen LogP contribution is 2.14. The van der Waals surface area contributed by atoms with Crippen LogP contribution in [0.4, 0.5) is 0 Å². The Morgan fingerprint density at radius 1 is 1.21 bits per heavy atom. The molecule has 0 saturated heterocycles. The molecule has 0 aliphatic carbocycles. The van der Waals surface area contributed by atoms with Crippen LogP contribution >= 0.6 is 11.6 Å². The van der Waals surface area contributed by atoms with E-state index in [1.807, 2.05) is 12.1 Å². The third-order valence-electron chi connectivity index (χ3n) is 2.78. The van der Waals surface area contributed by atoms with E-state index in [1.165, 1.54) is 0 Å². The van der Waals surface area contributed by atoms with E-state index in [0.29, 0.717) is 16.6 Å². The van der Waals surface area contributed by atoms with E-state index in [9.17, 15) is 4.79 Å². The number of benzene rings is 1. The van der Waals surface area contributed by atoms with Crippen molar-refractivity contribution in [1.82, 2.24) is 5.32 Å². The van der Waals surface area contributed by atoms with Crippen LogP contribution in [-0.2, 0) is 4.79 Å². The molecule has 1 amide bonds. The molecule has 0 fully saturated rings. The Balaban J connectivity index is 1.96. The van der Waals surface area contributed by atoms with Gasteiger partial charge in [0.05, 0.1) is 11.9 Å². The predicted octanol–water partition coefficient (Wildman–Crippen LogP) is 0.353. The van der Waals surface area contributed by atoms with Gasteiger partial charge in [-0.05, 0) is 12.1 Å². The number of hydrogen-bond acceptors (Lipinski definition) is 5. The number of amidine groups is 1. The second-order valence-corrected chi connectivity index (χ2v) is 4.56. The van der Waals surface area contributed by atoms with Crippen molar-refractivity contribution in [1.29, 1.82) is 0 Å². The van der Waals surface area contributed by atoms with Gasteiger partial charge in [-0.25, -0.2) is 9.98 Å². The van der Waals surface area contributed by atoms with Crippen LogP contribution in [0, 0.1) is 0 Å². The standard InChI is InChI=1S/C12H10ClN5O/c13-7-3-1-6(2-4-7)8-5-15-10-9(16-8)11(19)18-12(14)17-10/h1-5,9,12H,14H2,(H,18,19). The largest absolute Gasteiger partial charge is 0.320 e. The second-order valence-electron chi connectivity index (χ2n) is 4.12. The number of nitrogens with zero attached hydrogens (tertiary/aromatic N) is 3. The van der Waals surface area contributed by atoms with Crippen LogP contribution in [0.25, 0.3) is 0 Å². The first-order chi connectivity index (χ1) is 9.13. The molecule has 3 N–H and O–H groups in total. The van der Waals surface area contributed by atoms with Crippen molar-refractivity contribution >= 4 is 35.3 Å². The van der Waals surface area contributed by atoms with Crippen molar-refractivity contribution in [2.75, 3.05) is 0 Å². The maximum Gasteiger partial charge on any atom is 0.255 e. The number of carbonyl (C=O) groups excluding carboxylic acids is 1. The molecule has 2 aliphatic rings. The highest BCUT2D eigenvalue weighted by atomic mass is 35.5. The van der Waals surface area contributed by atoms with Gasteiger partial charge in [-0.3, -0.25) is 15.5 Å². The maximum absolute atomic E-state index is 11.8. The zero-order chi connectivity index (χ0) is 13.4. The van der Waals surface area contributed by atoms with Crippen molar-refractivity contribution in [2.24, 2.45) is 20.7 Å². The fourth-order valence-corrected chi connectivity index (χ4v) is 2.00. The number of carbonyl (C=O) groups is 1. The SMILES string of the molecule is NC1N=C2N=CC(c3ccc(Cl)cc3)=NC2C(=O)N1. The van der Waals surface area contributed by atoms with E-state index >= 15 is 0 Å². The molecular weight excluding hydrogens is 266 g/mol. The Bertz CT molecular complexity index is 620. The number of rotatable bonds is 1. The van der Waals surface area contributed by atoms with Crippen LogP contribution in [0.1, 0.15) is 5.56 Å². The Morgan fingerprint density at radius 2 is 1.95 bits per heavy atom. The van der Waals surface area contributed by atoms with Gasteiger partial charge in [0.15, 0.2) is 18.2 Å². The lowest BCUT2D eigenvalue weighted by atomic mass is 10.1. The molecule has 2 heterocycles. The number of amides is 1. The molecule has 2 unspecified atom stereocenters. The zero-order valence-electron chi connectivity index (χ0n) is 9.75. The van der Waals surface area contributed by atoms with Crippen molar-refractivity contribution < 1.29 is 4.79 Å². The van der Waals surface area contributed by atoms with Crippen LogP contribution in [-0.4, -0.2) is 36.0 Å². The fourth-order valence-electron chi connectivity index (χ4n) is 1.88. The third kappa shape index (κ3) is 2.27. The summed E-state index contributed by atoms with van der Waals surface area (Å²) in [6.07, 6.45) is 0.826. The summed E-state index contributed by atoms with van der Waals surface area (Å²) in [4.78, 5) is 24.3. The molecular formula is C12H10ClN5O. The summed E-state index contributed by atoms with van der Waals surface area (Å²) >= 11 is 5.83. The van der Waals surface area contributed by atoms with Crippen LogP contribution in [0.3, 0.4) is 0 Å². The molecule has 0 saturated carbocycles. The van der Waals surface area contributed by atoms with Crippen molar-refractivity contribution in [3.63, 3.8) is 0 Å². The number of hydrogen-bond donors (Lipinski definition) is 2. The minimum absolute atomic E-state index is 0.291. The lowest BCUT2D eigenvalue weighted by Gasteiger charge is -2.24. The summed E-state index contributed by atoms with van der Waals surface area (Å²) in [6.45, 7) is 0. The quantitative estimate of drug-likeness (QED) is 0.774. The fraction of sp³-hybridized carbons (Fsp3) is 0.167. The van der Waals surface area contributed by atoms with E-state index in [-0.39, 0.29) is 5.91 Å². The molecule has 0 aromatic heterocycles. The molecule has 0 bridgehead atoms. The van der Waals surface area contributed by atoms with Crippen molar-refractivity contribution in [2.45, 2.75) is 12.3 Å². The van der Waals surface area contributed by atoms with Gasteiger partial charge in [0.25, 0.3) is 5.91 Å². The highest BCUT2D eigenvalue weighted by Gasteiger charge is 2.32. The zero-order valence-corrected chi connectivity index (χ0v) is 10.5. The summed E-state index contributed by atoms with van der Waals surface area (Å²) in [5.74, 6) is 0.0507. The van der Waals surface area contributed by atoms with E-state index in [4.69, 9.17) is 17.3 Å². The molecule has 1 aromatic rings. The monoisotopic (exact) mass is 275 g/mol. The van der Waals surface area contributed by atoms with Gasteiger partial charge in [0.2, 0.25) is 0 Å². The number of fused-ring (bicyclic) bond motifs is 1. The van der Waals surface area contributed by atoms with E-state index in [1.54, 1.807) is 18.3 Å². The third-order valence-corrected chi connectivity index (χ3v) is 3.03. The van der Waals surface area contributed by atoms with Crippen LogP contribution in [0.15, 0.2) is 39.2 Å². The van der Waals surface area contributed by atoms with E-state index in [0.717, 1.165) is 5.56 Å². The Hall–Kier alpha value is -2.05. The topological polar surface area (TPSA) is 92.2 Å². The molecule has 1 aromatic carbocycles. The molecule has 19 heavy (non-hydrogen) atoms. The summed E-state index contributed by atoms with van der Waals surface area (Å²) in [5.41, 5.74) is 7.00. The first-order valence-electron chi connectivity index (χ1n) is 5.65. The second kappa shape index (κ2) is 4.56. The van der Waals surface area contributed by atoms with Crippen LogP contribution in [0.5, 0.6) is 0 Å². The van der Waals surface area contributed by atoms with Crippen molar-refractivity contribution in [3.05, 3.63) is 34.9 Å². The number of nitrogens with two attached hydrogens (primary N) is 1. The number of aliphatic imine (C=N–C) groups is 3. The summed E-state index contributed by atoms with van der Waals surface area (Å²) in [7, 11) is 0.